The Bertz CT molecular complexity index is 420. The largest absolute Gasteiger partial charge is 0.379 e. The topological polar surface area (TPSA) is 21.3 Å². The van der Waals surface area contributed by atoms with Crippen LogP contribution in [0.3, 0.4) is 0 Å². The zero-order valence-electron chi connectivity index (χ0n) is 12.8. The molecule has 0 aromatic heterocycles. The quantitative estimate of drug-likeness (QED) is 0.897. The van der Waals surface area contributed by atoms with Gasteiger partial charge < -0.3 is 10.1 Å². The van der Waals surface area contributed by atoms with Gasteiger partial charge in [-0.3, -0.25) is 0 Å². The summed E-state index contributed by atoms with van der Waals surface area (Å²) < 4.78 is 5.75. The van der Waals surface area contributed by atoms with Crippen LogP contribution in [-0.4, -0.2) is 19.8 Å². The van der Waals surface area contributed by atoms with Gasteiger partial charge in [0.2, 0.25) is 0 Å². The minimum absolute atomic E-state index is 0.206. The van der Waals surface area contributed by atoms with E-state index in [0.29, 0.717) is 6.04 Å². The fraction of sp³-hybridized carbons (Fsp3) is 0.647. The summed E-state index contributed by atoms with van der Waals surface area (Å²) in [6.45, 7) is 11.7. The fourth-order valence-corrected chi connectivity index (χ4v) is 2.57. The Labute approximate surface area is 117 Å². The lowest BCUT2D eigenvalue weighted by molar-refractivity contribution is 0.121. The molecule has 1 aliphatic heterocycles. The van der Waals surface area contributed by atoms with E-state index in [1.165, 1.54) is 16.7 Å². The molecule has 2 nitrogen and oxygen atoms in total. The molecule has 0 amide bonds. The van der Waals surface area contributed by atoms with Gasteiger partial charge in [0.25, 0.3) is 0 Å². The summed E-state index contributed by atoms with van der Waals surface area (Å²) in [6.07, 6.45) is 2.19. The Kier molecular flexibility index (Phi) is 4.64. The van der Waals surface area contributed by atoms with Crippen LogP contribution < -0.4 is 5.32 Å². The van der Waals surface area contributed by atoms with Crippen molar-refractivity contribution in [3.63, 3.8) is 0 Å². The monoisotopic (exact) mass is 261 g/mol. The van der Waals surface area contributed by atoms with E-state index < -0.39 is 0 Å². The molecule has 1 aliphatic rings. The molecule has 0 spiro atoms. The first-order chi connectivity index (χ1) is 9.02. The van der Waals surface area contributed by atoms with Crippen molar-refractivity contribution in [2.75, 3.05) is 19.8 Å². The first-order valence-corrected chi connectivity index (χ1v) is 7.47. The van der Waals surface area contributed by atoms with Gasteiger partial charge >= 0.3 is 0 Å². The second-order valence-corrected chi connectivity index (χ2v) is 6.50. The van der Waals surface area contributed by atoms with Crippen LogP contribution in [0, 0.1) is 0 Å². The van der Waals surface area contributed by atoms with Gasteiger partial charge in [-0.05, 0) is 41.5 Å². The Morgan fingerprint density at radius 1 is 1.32 bits per heavy atom. The van der Waals surface area contributed by atoms with Crippen molar-refractivity contribution in [1.29, 1.82) is 0 Å². The third-order valence-electron chi connectivity index (χ3n) is 3.83. The van der Waals surface area contributed by atoms with Crippen molar-refractivity contribution >= 4 is 0 Å². The van der Waals surface area contributed by atoms with Gasteiger partial charge in [0.1, 0.15) is 0 Å². The highest BCUT2D eigenvalue weighted by Crippen LogP contribution is 2.29. The minimum atomic E-state index is 0.206. The van der Waals surface area contributed by atoms with E-state index in [0.717, 1.165) is 32.6 Å². The maximum Gasteiger partial charge on any atom is 0.0661 e. The van der Waals surface area contributed by atoms with Crippen molar-refractivity contribution in [3.05, 3.63) is 34.9 Å². The first kappa shape index (κ1) is 14.5. The Balaban J connectivity index is 2.33. The summed E-state index contributed by atoms with van der Waals surface area (Å²) in [7, 11) is 0. The zero-order valence-corrected chi connectivity index (χ0v) is 12.8. The van der Waals surface area contributed by atoms with Crippen molar-refractivity contribution in [2.24, 2.45) is 0 Å². The van der Waals surface area contributed by atoms with Crippen LogP contribution in [0.1, 0.15) is 56.8 Å². The van der Waals surface area contributed by atoms with Gasteiger partial charge in [0.15, 0.2) is 0 Å². The standard InChI is InChI=1S/C17H27NO/c1-5-9-18-16-12-19-10-8-13-6-7-14(11-15(13)16)17(2,3)4/h6-7,11,16,18H,5,8-10,12H2,1-4H3. The average molecular weight is 261 g/mol. The molecule has 1 unspecified atom stereocenters. The van der Waals surface area contributed by atoms with Gasteiger partial charge in [-0.1, -0.05) is 45.9 Å². The van der Waals surface area contributed by atoms with E-state index in [9.17, 15) is 0 Å². The Morgan fingerprint density at radius 3 is 2.79 bits per heavy atom. The lowest BCUT2D eigenvalue weighted by Gasteiger charge is -2.24. The average Bonchev–Trinajstić information content (AvgIpc) is 2.56. The molecule has 0 saturated carbocycles. The van der Waals surface area contributed by atoms with Crippen molar-refractivity contribution in [3.8, 4) is 0 Å². The predicted molar refractivity (Wildman–Crippen MR) is 80.7 cm³/mol. The molecular weight excluding hydrogens is 234 g/mol. The van der Waals surface area contributed by atoms with E-state index in [1.54, 1.807) is 0 Å². The second kappa shape index (κ2) is 6.06. The van der Waals surface area contributed by atoms with E-state index in [1.807, 2.05) is 0 Å². The third kappa shape index (κ3) is 3.58. The summed E-state index contributed by atoms with van der Waals surface area (Å²) in [5.41, 5.74) is 4.51. The van der Waals surface area contributed by atoms with E-state index >= 15 is 0 Å². The molecule has 106 valence electrons. The lowest BCUT2D eigenvalue weighted by Crippen LogP contribution is -2.26. The summed E-state index contributed by atoms with van der Waals surface area (Å²) in [5, 5.41) is 3.62. The summed E-state index contributed by atoms with van der Waals surface area (Å²) in [5.74, 6) is 0. The van der Waals surface area contributed by atoms with Crippen LogP contribution in [0.2, 0.25) is 0 Å². The van der Waals surface area contributed by atoms with Crippen LogP contribution >= 0.6 is 0 Å². The van der Waals surface area contributed by atoms with Gasteiger partial charge in [-0.15, -0.1) is 0 Å². The van der Waals surface area contributed by atoms with E-state index in [-0.39, 0.29) is 5.41 Å². The smallest absolute Gasteiger partial charge is 0.0661 e. The number of ether oxygens (including phenoxy) is 1. The molecule has 0 radical (unpaired) electrons. The van der Waals surface area contributed by atoms with Crippen molar-refractivity contribution < 1.29 is 4.74 Å². The number of hydrogen-bond donors (Lipinski definition) is 1. The van der Waals surface area contributed by atoms with Crippen molar-refractivity contribution in [2.45, 2.75) is 52.0 Å². The van der Waals surface area contributed by atoms with E-state index in [4.69, 9.17) is 4.74 Å². The number of nitrogens with one attached hydrogen (secondary N) is 1. The molecule has 1 atom stereocenters. The third-order valence-corrected chi connectivity index (χ3v) is 3.83. The fourth-order valence-electron chi connectivity index (χ4n) is 2.57. The first-order valence-electron chi connectivity index (χ1n) is 7.47. The zero-order chi connectivity index (χ0) is 13.9. The number of rotatable bonds is 3. The summed E-state index contributed by atoms with van der Waals surface area (Å²) >= 11 is 0. The molecule has 1 heterocycles. The molecule has 2 rings (SSSR count). The Morgan fingerprint density at radius 2 is 2.11 bits per heavy atom. The Hall–Kier alpha value is -0.860. The van der Waals surface area contributed by atoms with Gasteiger partial charge in [-0.2, -0.15) is 0 Å². The molecule has 2 heteroatoms. The SMILES string of the molecule is CCCNC1COCCc2ccc(C(C)(C)C)cc21. The van der Waals surface area contributed by atoms with Crippen LogP contribution in [0.25, 0.3) is 0 Å². The van der Waals surface area contributed by atoms with Gasteiger partial charge in [0, 0.05) is 0 Å². The molecule has 0 bridgehead atoms. The molecule has 19 heavy (non-hydrogen) atoms. The highest BCUT2D eigenvalue weighted by molar-refractivity contribution is 5.38. The lowest BCUT2D eigenvalue weighted by atomic mass is 9.84. The number of fused-ring (bicyclic) bond motifs is 1. The van der Waals surface area contributed by atoms with Crippen LogP contribution in [-0.2, 0) is 16.6 Å². The predicted octanol–water partition coefficient (Wildman–Crippen LogP) is 3.60. The molecule has 0 fully saturated rings. The maximum absolute atomic E-state index is 5.75. The molecule has 0 saturated heterocycles. The second-order valence-electron chi connectivity index (χ2n) is 6.50. The number of hydrogen-bond acceptors (Lipinski definition) is 2. The molecule has 1 N–H and O–H groups in total. The van der Waals surface area contributed by atoms with Gasteiger partial charge in [-0.25, -0.2) is 0 Å². The summed E-state index contributed by atoms with van der Waals surface area (Å²) in [6, 6.07) is 7.31. The van der Waals surface area contributed by atoms with Crippen LogP contribution in [0.5, 0.6) is 0 Å². The summed E-state index contributed by atoms with van der Waals surface area (Å²) in [4.78, 5) is 0. The van der Waals surface area contributed by atoms with Crippen molar-refractivity contribution in [1.82, 2.24) is 5.32 Å². The van der Waals surface area contributed by atoms with Gasteiger partial charge in [0.05, 0.1) is 19.3 Å². The molecular formula is C17H27NO. The minimum Gasteiger partial charge on any atom is -0.379 e. The normalized spacial score (nSPS) is 19.9. The molecule has 1 aromatic rings. The van der Waals surface area contributed by atoms with Crippen LogP contribution in [0.15, 0.2) is 18.2 Å². The highest BCUT2D eigenvalue weighted by Gasteiger charge is 2.21. The maximum atomic E-state index is 5.75. The molecule has 1 aromatic carbocycles. The van der Waals surface area contributed by atoms with E-state index in [2.05, 4.69) is 51.2 Å². The number of benzene rings is 1. The van der Waals surface area contributed by atoms with Crippen LogP contribution in [0.4, 0.5) is 0 Å². The molecule has 0 aliphatic carbocycles. The highest BCUT2D eigenvalue weighted by atomic mass is 16.5.